The molecule has 0 unspecified atom stereocenters. The van der Waals surface area contributed by atoms with Gasteiger partial charge in [-0.15, -0.1) is 0 Å². The molecule has 0 saturated heterocycles. The van der Waals surface area contributed by atoms with E-state index in [1.54, 1.807) is 0 Å². The van der Waals surface area contributed by atoms with Gasteiger partial charge in [-0.25, -0.2) is 15.0 Å². The van der Waals surface area contributed by atoms with Crippen molar-refractivity contribution in [2.24, 2.45) is 0 Å². The number of hydrogen-bond acceptors (Lipinski definition) is 5. The number of rotatable bonds is 5. The summed E-state index contributed by atoms with van der Waals surface area (Å²) in [4.78, 5) is 14.9. The maximum absolute atomic E-state index is 6.62. The molecule has 0 aliphatic carbocycles. The minimum absolute atomic E-state index is 0.599. The van der Waals surface area contributed by atoms with E-state index in [1.807, 2.05) is 72.8 Å². The average Bonchev–Trinajstić information content (AvgIpc) is 3.96. The van der Waals surface area contributed by atoms with Crippen molar-refractivity contribution in [1.82, 2.24) is 19.5 Å². The summed E-state index contributed by atoms with van der Waals surface area (Å²) in [5.41, 5.74) is 11.6. The van der Waals surface area contributed by atoms with Crippen molar-refractivity contribution in [3.05, 3.63) is 182 Å². The van der Waals surface area contributed by atoms with Gasteiger partial charge in [-0.3, -0.25) is 0 Å². The van der Waals surface area contributed by atoms with Crippen LogP contribution in [0.3, 0.4) is 0 Å². The van der Waals surface area contributed by atoms with Crippen LogP contribution in [0.2, 0.25) is 0 Å². The van der Waals surface area contributed by atoms with E-state index >= 15 is 0 Å². The highest BCUT2D eigenvalue weighted by Crippen LogP contribution is 2.43. The minimum atomic E-state index is 0.599. The van der Waals surface area contributed by atoms with Crippen molar-refractivity contribution >= 4 is 65.7 Å². The predicted molar refractivity (Wildman–Crippen MR) is 230 cm³/mol. The molecule has 0 saturated carbocycles. The highest BCUT2D eigenvalue weighted by atomic mass is 16.3. The lowest BCUT2D eigenvalue weighted by Crippen LogP contribution is -2.00. The zero-order chi connectivity index (χ0) is 37.5. The molecule has 0 bridgehead atoms. The van der Waals surface area contributed by atoms with Gasteiger partial charge in [0.25, 0.3) is 0 Å². The van der Waals surface area contributed by atoms with Crippen LogP contribution in [0, 0.1) is 0 Å². The fourth-order valence-corrected chi connectivity index (χ4v) is 8.48. The largest absolute Gasteiger partial charge is 0.456 e. The molecule has 4 heterocycles. The SMILES string of the molecule is c1ccc(-c2nc(-c3ccccc3)nc(-c3ccc4oc5ccc(-c6cccc7oc8cccc(-n9c%10ccccc%10c%10ccccc%109)c8c67)cc5c4c3)n2)cc1. The number of nitrogens with zero attached hydrogens (tertiary/aromatic N) is 4. The molecule has 57 heavy (non-hydrogen) atoms. The van der Waals surface area contributed by atoms with Gasteiger partial charge in [-0.05, 0) is 71.8 Å². The number of fused-ring (bicyclic) bond motifs is 9. The van der Waals surface area contributed by atoms with Crippen LogP contribution in [-0.4, -0.2) is 19.5 Å². The zero-order valence-electron chi connectivity index (χ0n) is 30.4. The second kappa shape index (κ2) is 12.3. The molecule has 6 nitrogen and oxygen atoms in total. The van der Waals surface area contributed by atoms with Gasteiger partial charge in [0.15, 0.2) is 17.5 Å². The second-order valence-corrected chi connectivity index (χ2v) is 14.4. The first-order chi connectivity index (χ1) is 28.2. The molecule has 0 aliphatic heterocycles. The Morgan fingerprint density at radius 2 is 0.825 bits per heavy atom. The summed E-state index contributed by atoms with van der Waals surface area (Å²) in [6.07, 6.45) is 0. The third-order valence-electron chi connectivity index (χ3n) is 11.1. The Morgan fingerprint density at radius 3 is 1.46 bits per heavy atom. The van der Waals surface area contributed by atoms with Gasteiger partial charge in [0.2, 0.25) is 0 Å². The van der Waals surface area contributed by atoms with E-state index in [2.05, 4.69) is 114 Å². The molecule has 6 heteroatoms. The third kappa shape index (κ3) is 4.94. The Balaban J connectivity index is 1.05. The van der Waals surface area contributed by atoms with Gasteiger partial charge in [0.1, 0.15) is 22.3 Å². The number of aromatic nitrogens is 4. The Kier molecular flexibility index (Phi) is 6.83. The van der Waals surface area contributed by atoms with Gasteiger partial charge in [-0.2, -0.15) is 0 Å². The molecule has 0 aliphatic rings. The molecule has 4 aromatic heterocycles. The molecule has 0 N–H and O–H groups in total. The smallest absolute Gasteiger partial charge is 0.164 e. The van der Waals surface area contributed by atoms with Crippen LogP contribution in [0.4, 0.5) is 0 Å². The summed E-state index contributed by atoms with van der Waals surface area (Å²) in [6, 6.07) is 62.7. The van der Waals surface area contributed by atoms with Gasteiger partial charge in [0, 0.05) is 43.6 Å². The molecule has 12 rings (SSSR count). The molecule has 0 fully saturated rings. The first kappa shape index (κ1) is 31.5. The second-order valence-electron chi connectivity index (χ2n) is 14.4. The summed E-state index contributed by atoms with van der Waals surface area (Å²) in [5.74, 6) is 1.85. The van der Waals surface area contributed by atoms with Crippen molar-refractivity contribution in [3.8, 4) is 51.0 Å². The third-order valence-corrected chi connectivity index (χ3v) is 11.1. The van der Waals surface area contributed by atoms with Gasteiger partial charge in [-0.1, -0.05) is 121 Å². The van der Waals surface area contributed by atoms with Crippen molar-refractivity contribution in [2.45, 2.75) is 0 Å². The summed E-state index contributed by atoms with van der Waals surface area (Å²) in [5, 5.41) is 6.59. The Morgan fingerprint density at radius 1 is 0.333 bits per heavy atom. The summed E-state index contributed by atoms with van der Waals surface area (Å²) in [6.45, 7) is 0. The Bertz CT molecular complexity index is 3410. The highest BCUT2D eigenvalue weighted by Gasteiger charge is 2.21. The first-order valence-corrected chi connectivity index (χ1v) is 19.0. The number of hydrogen-bond donors (Lipinski definition) is 0. The van der Waals surface area contributed by atoms with Gasteiger partial charge >= 0.3 is 0 Å². The predicted octanol–water partition coefficient (Wildman–Crippen LogP) is 13.4. The lowest BCUT2D eigenvalue weighted by Gasteiger charge is -2.11. The maximum atomic E-state index is 6.62. The van der Waals surface area contributed by atoms with Crippen molar-refractivity contribution in [1.29, 1.82) is 0 Å². The standard InChI is InChI=1S/C51H30N4O2/c1-3-13-31(14-4-1)49-52-50(32-15-5-2-6-16-32)54-51(53-49)34-26-28-44-39(30-34)38-29-33(25-27-43(38)56-44)35-19-11-23-45-47(35)48-42(22-12-24-46(48)57-45)55-40-20-9-7-17-36(40)37-18-8-10-21-41(37)55/h1-30H. The lowest BCUT2D eigenvalue weighted by atomic mass is 9.97. The van der Waals surface area contributed by atoms with Gasteiger partial charge in [0.05, 0.1) is 22.1 Å². The van der Waals surface area contributed by atoms with Crippen molar-refractivity contribution in [2.75, 3.05) is 0 Å². The van der Waals surface area contributed by atoms with E-state index in [9.17, 15) is 0 Å². The number of benzene rings is 8. The highest BCUT2D eigenvalue weighted by molar-refractivity contribution is 6.19. The van der Waals surface area contributed by atoms with Crippen LogP contribution in [-0.2, 0) is 0 Å². The molecule has 0 spiro atoms. The van der Waals surface area contributed by atoms with E-state index in [-0.39, 0.29) is 0 Å². The van der Waals surface area contributed by atoms with E-state index in [0.29, 0.717) is 17.5 Å². The summed E-state index contributed by atoms with van der Waals surface area (Å²) >= 11 is 0. The van der Waals surface area contributed by atoms with Crippen LogP contribution in [0.5, 0.6) is 0 Å². The first-order valence-electron chi connectivity index (χ1n) is 19.0. The minimum Gasteiger partial charge on any atom is -0.456 e. The summed E-state index contributed by atoms with van der Waals surface area (Å²) in [7, 11) is 0. The summed E-state index contributed by atoms with van der Waals surface area (Å²) < 4.78 is 15.4. The molecule has 0 atom stereocenters. The van der Waals surface area contributed by atoms with Crippen molar-refractivity contribution in [3.63, 3.8) is 0 Å². The van der Waals surface area contributed by atoms with Crippen molar-refractivity contribution < 1.29 is 8.83 Å². The van der Waals surface area contributed by atoms with Crippen LogP contribution in [0.25, 0.3) is 117 Å². The molecular formula is C51H30N4O2. The van der Waals surface area contributed by atoms with Crippen LogP contribution >= 0.6 is 0 Å². The molecule has 0 amide bonds. The number of furan rings is 2. The van der Waals surface area contributed by atoms with Crippen LogP contribution < -0.4 is 0 Å². The molecular weight excluding hydrogens is 701 g/mol. The molecule has 266 valence electrons. The van der Waals surface area contributed by atoms with E-state index in [0.717, 1.165) is 88.4 Å². The quantitative estimate of drug-likeness (QED) is 0.176. The maximum Gasteiger partial charge on any atom is 0.164 e. The Hall–Kier alpha value is -7.83. The van der Waals surface area contributed by atoms with E-state index in [1.165, 1.54) is 10.8 Å². The zero-order valence-corrected chi connectivity index (χ0v) is 30.4. The van der Waals surface area contributed by atoms with Gasteiger partial charge < -0.3 is 13.4 Å². The molecule has 12 aromatic rings. The van der Waals surface area contributed by atoms with E-state index in [4.69, 9.17) is 23.8 Å². The monoisotopic (exact) mass is 730 g/mol. The fourth-order valence-electron chi connectivity index (χ4n) is 8.48. The topological polar surface area (TPSA) is 69.9 Å². The average molecular weight is 731 g/mol. The van der Waals surface area contributed by atoms with Crippen LogP contribution in [0.1, 0.15) is 0 Å². The number of para-hydroxylation sites is 2. The lowest BCUT2D eigenvalue weighted by molar-refractivity contribution is 0.668. The molecule has 0 radical (unpaired) electrons. The fraction of sp³-hybridized carbons (Fsp3) is 0. The Labute approximate surface area is 325 Å². The van der Waals surface area contributed by atoms with Crippen LogP contribution in [0.15, 0.2) is 191 Å². The molecule has 8 aromatic carbocycles. The van der Waals surface area contributed by atoms with E-state index < -0.39 is 0 Å². The normalized spacial score (nSPS) is 11.9.